The second-order valence-electron chi connectivity index (χ2n) is 4.33. The predicted octanol–water partition coefficient (Wildman–Crippen LogP) is 3.84. The molecule has 0 saturated heterocycles. The lowest BCUT2D eigenvalue weighted by Gasteiger charge is -2.12. The molecule has 0 radical (unpaired) electrons. The van der Waals surface area contributed by atoms with Crippen LogP contribution in [0, 0.1) is 0 Å². The lowest BCUT2D eigenvalue weighted by molar-refractivity contribution is 0.287. The molecule has 0 spiro atoms. The molecule has 2 rings (SSSR count). The standard InChI is InChI=1S/C16H21NO2S/c1-3-18-15-8-7-13(10-16(15)19-4-2)11-17-12-14-6-5-9-20-14/h5-10,17H,3-4,11-12H2,1-2H3. The van der Waals surface area contributed by atoms with Gasteiger partial charge in [-0.3, -0.25) is 0 Å². The Hall–Kier alpha value is -1.52. The molecule has 0 unspecified atom stereocenters. The fraction of sp³-hybridized carbons (Fsp3) is 0.375. The van der Waals surface area contributed by atoms with Crippen molar-refractivity contribution in [3.8, 4) is 11.5 Å². The zero-order valence-electron chi connectivity index (χ0n) is 12.0. The Kier molecular flexibility index (Phi) is 5.89. The third kappa shape index (κ3) is 4.25. The van der Waals surface area contributed by atoms with Gasteiger partial charge in [-0.1, -0.05) is 12.1 Å². The summed E-state index contributed by atoms with van der Waals surface area (Å²) in [5.41, 5.74) is 1.20. The summed E-state index contributed by atoms with van der Waals surface area (Å²) in [5, 5.41) is 5.54. The molecule has 0 atom stereocenters. The first-order valence-electron chi connectivity index (χ1n) is 6.95. The molecule has 1 aromatic carbocycles. The molecule has 0 amide bonds. The molecule has 0 fully saturated rings. The lowest BCUT2D eigenvalue weighted by Crippen LogP contribution is -2.12. The van der Waals surface area contributed by atoms with Crippen LogP contribution in [0.1, 0.15) is 24.3 Å². The minimum Gasteiger partial charge on any atom is -0.490 e. The third-order valence-corrected chi connectivity index (χ3v) is 3.69. The van der Waals surface area contributed by atoms with E-state index in [1.54, 1.807) is 11.3 Å². The van der Waals surface area contributed by atoms with E-state index in [4.69, 9.17) is 9.47 Å². The average Bonchev–Trinajstić information content (AvgIpc) is 2.95. The van der Waals surface area contributed by atoms with E-state index in [9.17, 15) is 0 Å². The van der Waals surface area contributed by atoms with Gasteiger partial charge in [0.1, 0.15) is 0 Å². The average molecular weight is 291 g/mol. The molecule has 0 aliphatic carbocycles. The number of ether oxygens (including phenoxy) is 2. The Morgan fingerprint density at radius 3 is 2.50 bits per heavy atom. The van der Waals surface area contributed by atoms with Crippen molar-refractivity contribution in [2.45, 2.75) is 26.9 Å². The van der Waals surface area contributed by atoms with Crippen molar-refractivity contribution < 1.29 is 9.47 Å². The van der Waals surface area contributed by atoms with Crippen LogP contribution in [0.4, 0.5) is 0 Å². The van der Waals surface area contributed by atoms with Gasteiger partial charge >= 0.3 is 0 Å². The molecule has 3 nitrogen and oxygen atoms in total. The van der Waals surface area contributed by atoms with Crippen LogP contribution in [0.25, 0.3) is 0 Å². The van der Waals surface area contributed by atoms with Gasteiger partial charge in [-0.2, -0.15) is 0 Å². The number of hydrogen-bond acceptors (Lipinski definition) is 4. The van der Waals surface area contributed by atoms with Crippen molar-refractivity contribution >= 4 is 11.3 Å². The summed E-state index contributed by atoms with van der Waals surface area (Å²) in [4.78, 5) is 1.35. The van der Waals surface area contributed by atoms with Crippen LogP contribution < -0.4 is 14.8 Å². The van der Waals surface area contributed by atoms with E-state index in [1.165, 1.54) is 10.4 Å². The van der Waals surface area contributed by atoms with Crippen molar-refractivity contribution in [3.63, 3.8) is 0 Å². The maximum absolute atomic E-state index is 5.63. The van der Waals surface area contributed by atoms with E-state index < -0.39 is 0 Å². The first kappa shape index (κ1) is 14.9. The molecule has 2 aromatic rings. The molecule has 0 aliphatic rings. The summed E-state index contributed by atoms with van der Waals surface area (Å²) in [7, 11) is 0. The minimum absolute atomic E-state index is 0.645. The number of thiophene rings is 1. The highest BCUT2D eigenvalue weighted by Crippen LogP contribution is 2.28. The Bertz CT molecular complexity index is 511. The van der Waals surface area contributed by atoms with Gasteiger partial charge in [-0.15, -0.1) is 11.3 Å². The van der Waals surface area contributed by atoms with E-state index in [0.717, 1.165) is 24.6 Å². The van der Waals surface area contributed by atoms with Crippen LogP contribution in [-0.2, 0) is 13.1 Å². The SMILES string of the molecule is CCOc1ccc(CNCc2cccs2)cc1OCC. The molecule has 20 heavy (non-hydrogen) atoms. The van der Waals surface area contributed by atoms with Crippen LogP contribution in [-0.4, -0.2) is 13.2 Å². The van der Waals surface area contributed by atoms with Gasteiger partial charge in [0.25, 0.3) is 0 Å². The van der Waals surface area contributed by atoms with E-state index >= 15 is 0 Å². The minimum atomic E-state index is 0.645. The van der Waals surface area contributed by atoms with Crippen LogP contribution >= 0.6 is 11.3 Å². The van der Waals surface area contributed by atoms with Crippen LogP contribution in [0.2, 0.25) is 0 Å². The molecule has 0 saturated carbocycles. The molecular weight excluding hydrogens is 270 g/mol. The molecule has 108 valence electrons. The van der Waals surface area contributed by atoms with Crippen LogP contribution in [0.3, 0.4) is 0 Å². The fourth-order valence-corrected chi connectivity index (χ4v) is 2.62. The van der Waals surface area contributed by atoms with Crippen molar-refractivity contribution in [2.24, 2.45) is 0 Å². The van der Waals surface area contributed by atoms with Crippen molar-refractivity contribution in [3.05, 3.63) is 46.2 Å². The van der Waals surface area contributed by atoms with Gasteiger partial charge < -0.3 is 14.8 Å². The summed E-state index contributed by atoms with van der Waals surface area (Å²) >= 11 is 1.77. The van der Waals surface area contributed by atoms with Crippen molar-refractivity contribution in [1.29, 1.82) is 0 Å². The summed E-state index contributed by atoms with van der Waals surface area (Å²) in [6, 6.07) is 10.3. The van der Waals surface area contributed by atoms with Gasteiger partial charge in [-0.25, -0.2) is 0 Å². The first-order chi connectivity index (χ1) is 9.83. The Morgan fingerprint density at radius 2 is 1.80 bits per heavy atom. The molecule has 0 aliphatic heterocycles. The van der Waals surface area contributed by atoms with E-state index in [1.807, 2.05) is 19.9 Å². The van der Waals surface area contributed by atoms with Gasteiger partial charge in [0, 0.05) is 18.0 Å². The normalized spacial score (nSPS) is 10.5. The first-order valence-corrected chi connectivity index (χ1v) is 7.83. The van der Waals surface area contributed by atoms with E-state index in [-0.39, 0.29) is 0 Å². The molecule has 0 bridgehead atoms. The monoisotopic (exact) mass is 291 g/mol. The Morgan fingerprint density at radius 1 is 1.00 bits per heavy atom. The summed E-state index contributed by atoms with van der Waals surface area (Å²) in [6.07, 6.45) is 0. The maximum atomic E-state index is 5.63. The summed E-state index contributed by atoms with van der Waals surface area (Å²) in [5.74, 6) is 1.64. The van der Waals surface area contributed by atoms with Gasteiger partial charge in [0.15, 0.2) is 11.5 Å². The zero-order chi connectivity index (χ0) is 14.2. The van der Waals surface area contributed by atoms with Gasteiger partial charge in [-0.05, 0) is 43.0 Å². The smallest absolute Gasteiger partial charge is 0.161 e. The largest absolute Gasteiger partial charge is 0.490 e. The maximum Gasteiger partial charge on any atom is 0.161 e. The molecule has 4 heteroatoms. The van der Waals surface area contributed by atoms with Crippen molar-refractivity contribution in [1.82, 2.24) is 5.32 Å². The molecule has 1 N–H and O–H groups in total. The topological polar surface area (TPSA) is 30.5 Å². The van der Waals surface area contributed by atoms with Gasteiger partial charge in [0.2, 0.25) is 0 Å². The van der Waals surface area contributed by atoms with E-state index in [2.05, 4.69) is 35.0 Å². The van der Waals surface area contributed by atoms with Crippen LogP contribution in [0.5, 0.6) is 11.5 Å². The third-order valence-electron chi connectivity index (χ3n) is 2.82. The zero-order valence-corrected chi connectivity index (χ0v) is 12.8. The Balaban J connectivity index is 1.95. The van der Waals surface area contributed by atoms with Crippen LogP contribution in [0.15, 0.2) is 35.7 Å². The highest BCUT2D eigenvalue weighted by atomic mass is 32.1. The lowest BCUT2D eigenvalue weighted by atomic mass is 10.2. The molecular formula is C16H21NO2S. The number of rotatable bonds is 8. The van der Waals surface area contributed by atoms with E-state index in [0.29, 0.717) is 13.2 Å². The number of nitrogens with one attached hydrogen (secondary N) is 1. The van der Waals surface area contributed by atoms with Crippen molar-refractivity contribution in [2.75, 3.05) is 13.2 Å². The summed E-state index contributed by atoms with van der Waals surface area (Å²) < 4.78 is 11.2. The second-order valence-corrected chi connectivity index (χ2v) is 5.36. The molecule has 1 aromatic heterocycles. The fourth-order valence-electron chi connectivity index (χ4n) is 1.95. The Labute approximate surface area is 124 Å². The highest BCUT2D eigenvalue weighted by Gasteiger charge is 2.06. The second kappa shape index (κ2) is 7.92. The predicted molar refractivity (Wildman–Crippen MR) is 83.6 cm³/mol. The number of hydrogen-bond donors (Lipinski definition) is 1. The quantitative estimate of drug-likeness (QED) is 0.801. The van der Waals surface area contributed by atoms with Gasteiger partial charge in [0.05, 0.1) is 13.2 Å². The summed E-state index contributed by atoms with van der Waals surface area (Å²) in [6.45, 7) is 6.98. The highest BCUT2D eigenvalue weighted by molar-refractivity contribution is 7.09. The molecule has 1 heterocycles. The number of benzene rings is 1.